The summed E-state index contributed by atoms with van der Waals surface area (Å²) in [6, 6.07) is 10.4. The fourth-order valence-corrected chi connectivity index (χ4v) is 4.76. The largest absolute Gasteiger partial charge is 0.338 e. The first kappa shape index (κ1) is 17.6. The summed E-state index contributed by atoms with van der Waals surface area (Å²) in [7, 11) is 0. The van der Waals surface area contributed by atoms with Crippen LogP contribution in [0.1, 0.15) is 25.0 Å². The minimum absolute atomic E-state index is 0.321. The Kier molecular flexibility index (Phi) is 4.53. The lowest BCUT2D eigenvalue weighted by Gasteiger charge is -2.25. The van der Waals surface area contributed by atoms with Crippen LogP contribution >= 0.6 is 11.6 Å². The minimum atomic E-state index is 0.321. The van der Waals surface area contributed by atoms with E-state index in [0.29, 0.717) is 22.9 Å². The van der Waals surface area contributed by atoms with E-state index in [1.165, 1.54) is 0 Å². The molecule has 4 heterocycles. The maximum Gasteiger partial charge on any atom is 0.234 e. The standard InChI is InChI=1S/C21H22ClN5O/c22-16-4-2-15(3-5-16)20-19(26-10-1-9-23-21(26)24-20)13-25-11-8-17-6-7-18(12-25)27(17)14-28/h1-5,9-10,14,17-18H,6-8,11-13H2. The van der Waals surface area contributed by atoms with E-state index in [4.69, 9.17) is 16.6 Å². The van der Waals surface area contributed by atoms with Gasteiger partial charge in [0.25, 0.3) is 0 Å². The average molecular weight is 396 g/mol. The van der Waals surface area contributed by atoms with Crippen molar-refractivity contribution in [2.75, 3.05) is 13.1 Å². The van der Waals surface area contributed by atoms with E-state index in [1.807, 2.05) is 41.4 Å². The van der Waals surface area contributed by atoms with E-state index in [-0.39, 0.29) is 0 Å². The van der Waals surface area contributed by atoms with E-state index in [2.05, 4.69) is 14.3 Å². The fourth-order valence-electron chi connectivity index (χ4n) is 4.63. The van der Waals surface area contributed by atoms with Gasteiger partial charge in [0.05, 0.1) is 11.4 Å². The Balaban J connectivity index is 1.50. The van der Waals surface area contributed by atoms with E-state index >= 15 is 0 Å². The highest BCUT2D eigenvalue weighted by molar-refractivity contribution is 6.30. The molecule has 0 N–H and O–H groups in total. The zero-order valence-corrected chi connectivity index (χ0v) is 16.3. The van der Waals surface area contributed by atoms with Crippen LogP contribution in [0.5, 0.6) is 0 Å². The van der Waals surface area contributed by atoms with Gasteiger partial charge in [0, 0.05) is 54.7 Å². The molecule has 2 fully saturated rings. The molecule has 2 saturated heterocycles. The molecule has 2 unspecified atom stereocenters. The van der Waals surface area contributed by atoms with Gasteiger partial charge in [-0.3, -0.25) is 14.1 Å². The van der Waals surface area contributed by atoms with Crippen LogP contribution in [0.2, 0.25) is 5.02 Å². The number of carbonyl (C=O) groups excluding carboxylic acids is 1. The second-order valence-corrected chi connectivity index (χ2v) is 8.10. The normalized spacial score (nSPS) is 22.5. The number of carbonyl (C=O) groups is 1. The maximum absolute atomic E-state index is 11.5. The first-order chi connectivity index (χ1) is 13.7. The topological polar surface area (TPSA) is 53.7 Å². The zero-order chi connectivity index (χ0) is 19.1. The molecule has 144 valence electrons. The van der Waals surface area contributed by atoms with Crippen LogP contribution in [0.3, 0.4) is 0 Å². The Morgan fingerprint density at radius 2 is 1.96 bits per heavy atom. The Bertz CT molecular complexity index is 1000. The molecule has 28 heavy (non-hydrogen) atoms. The summed E-state index contributed by atoms with van der Waals surface area (Å²) in [5, 5.41) is 0.713. The molecule has 0 radical (unpaired) electrons. The van der Waals surface area contributed by atoms with Gasteiger partial charge in [-0.2, -0.15) is 0 Å². The molecule has 5 rings (SSSR count). The van der Waals surface area contributed by atoms with Crippen molar-refractivity contribution in [2.45, 2.75) is 37.9 Å². The molecule has 3 aromatic rings. The van der Waals surface area contributed by atoms with Crippen LogP contribution < -0.4 is 0 Å². The summed E-state index contributed by atoms with van der Waals surface area (Å²) >= 11 is 6.08. The lowest BCUT2D eigenvalue weighted by Crippen LogP contribution is -2.38. The molecular weight excluding hydrogens is 374 g/mol. The van der Waals surface area contributed by atoms with Gasteiger partial charge in [0.2, 0.25) is 12.2 Å². The van der Waals surface area contributed by atoms with Crippen molar-refractivity contribution in [2.24, 2.45) is 0 Å². The monoisotopic (exact) mass is 395 g/mol. The molecule has 0 aliphatic carbocycles. The third kappa shape index (κ3) is 3.06. The average Bonchev–Trinajstić information content (AvgIpc) is 3.21. The summed E-state index contributed by atoms with van der Waals surface area (Å²) in [6.07, 6.45) is 8.09. The predicted molar refractivity (Wildman–Crippen MR) is 108 cm³/mol. The van der Waals surface area contributed by atoms with E-state index in [9.17, 15) is 4.79 Å². The fraction of sp³-hybridized carbons (Fsp3) is 0.381. The van der Waals surface area contributed by atoms with Crippen molar-refractivity contribution in [1.82, 2.24) is 24.2 Å². The molecule has 2 bridgehead atoms. The molecule has 7 heteroatoms. The SMILES string of the molecule is O=CN1C2CCC1CN(Cc1c(-c3ccc(Cl)cc3)nc3ncccn13)CC2. The Labute approximate surface area is 168 Å². The summed E-state index contributed by atoms with van der Waals surface area (Å²) in [4.78, 5) is 25.2. The predicted octanol–water partition coefficient (Wildman–Crippen LogP) is 3.24. The quantitative estimate of drug-likeness (QED) is 0.636. The number of hydrogen-bond acceptors (Lipinski definition) is 4. The van der Waals surface area contributed by atoms with E-state index in [0.717, 1.165) is 62.3 Å². The lowest BCUT2D eigenvalue weighted by atomic mass is 10.1. The molecule has 2 aliphatic heterocycles. The highest BCUT2D eigenvalue weighted by atomic mass is 35.5. The Hall–Kier alpha value is -2.44. The van der Waals surface area contributed by atoms with Crippen LogP contribution in [-0.2, 0) is 11.3 Å². The molecule has 2 aliphatic rings. The molecule has 0 spiro atoms. The number of rotatable bonds is 4. The minimum Gasteiger partial charge on any atom is -0.338 e. The highest BCUT2D eigenvalue weighted by Gasteiger charge is 2.36. The third-order valence-electron chi connectivity index (χ3n) is 6.04. The smallest absolute Gasteiger partial charge is 0.234 e. The second-order valence-electron chi connectivity index (χ2n) is 7.67. The number of amides is 1. The summed E-state index contributed by atoms with van der Waals surface area (Å²) in [6.45, 7) is 2.67. The van der Waals surface area contributed by atoms with Crippen molar-refractivity contribution in [3.8, 4) is 11.3 Å². The molecule has 2 aromatic heterocycles. The number of benzene rings is 1. The van der Waals surface area contributed by atoms with Crippen molar-refractivity contribution in [1.29, 1.82) is 0 Å². The van der Waals surface area contributed by atoms with Gasteiger partial charge in [0.15, 0.2) is 0 Å². The number of imidazole rings is 1. The van der Waals surface area contributed by atoms with Gasteiger partial charge in [-0.25, -0.2) is 9.97 Å². The highest BCUT2D eigenvalue weighted by Crippen LogP contribution is 2.31. The van der Waals surface area contributed by atoms with Gasteiger partial charge in [-0.1, -0.05) is 23.7 Å². The van der Waals surface area contributed by atoms with Crippen LogP contribution in [0.4, 0.5) is 0 Å². The summed E-state index contributed by atoms with van der Waals surface area (Å²) < 4.78 is 2.07. The molecule has 1 amide bonds. The van der Waals surface area contributed by atoms with Crippen molar-refractivity contribution in [3.63, 3.8) is 0 Å². The van der Waals surface area contributed by atoms with Crippen LogP contribution in [0.15, 0.2) is 42.7 Å². The number of aromatic nitrogens is 3. The zero-order valence-electron chi connectivity index (χ0n) is 15.5. The van der Waals surface area contributed by atoms with Crippen LogP contribution in [-0.4, -0.2) is 55.8 Å². The third-order valence-corrected chi connectivity index (χ3v) is 6.29. The summed E-state index contributed by atoms with van der Waals surface area (Å²) in [5.74, 6) is 0.702. The molecular formula is C21H22ClN5O. The van der Waals surface area contributed by atoms with Crippen molar-refractivity contribution in [3.05, 3.63) is 53.4 Å². The summed E-state index contributed by atoms with van der Waals surface area (Å²) in [5.41, 5.74) is 3.11. The van der Waals surface area contributed by atoms with Crippen molar-refractivity contribution < 1.29 is 4.79 Å². The Morgan fingerprint density at radius 3 is 2.79 bits per heavy atom. The van der Waals surface area contributed by atoms with Gasteiger partial charge < -0.3 is 4.90 Å². The van der Waals surface area contributed by atoms with Gasteiger partial charge in [-0.05, 0) is 37.5 Å². The lowest BCUT2D eigenvalue weighted by molar-refractivity contribution is -0.120. The molecule has 2 atom stereocenters. The number of hydrogen-bond donors (Lipinski definition) is 0. The number of nitrogens with zero attached hydrogens (tertiary/aromatic N) is 5. The first-order valence-corrected chi connectivity index (χ1v) is 10.1. The molecule has 6 nitrogen and oxygen atoms in total. The molecule has 1 aromatic carbocycles. The van der Waals surface area contributed by atoms with Gasteiger partial charge in [0.1, 0.15) is 0 Å². The van der Waals surface area contributed by atoms with E-state index < -0.39 is 0 Å². The number of likely N-dealkylation sites (tertiary alicyclic amines) is 1. The molecule has 0 saturated carbocycles. The van der Waals surface area contributed by atoms with Gasteiger partial charge >= 0.3 is 0 Å². The Morgan fingerprint density at radius 1 is 1.14 bits per heavy atom. The second kappa shape index (κ2) is 7.18. The number of halogens is 1. The van der Waals surface area contributed by atoms with Crippen molar-refractivity contribution >= 4 is 23.8 Å². The first-order valence-electron chi connectivity index (χ1n) is 9.76. The maximum atomic E-state index is 11.5. The van der Waals surface area contributed by atoms with Crippen LogP contribution in [0, 0.1) is 0 Å². The van der Waals surface area contributed by atoms with Crippen LogP contribution in [0.25, 0.3) is 17.0 Å². The van der Waals surface area contributed by atoms with E-state index in [1.54, 1.807) is 6.20 Å². The number of fused-ring (bicyclic) bond motifs is 3. The van der Waals surface area contributed by atoms with Gasteiger partial charge in [-0.15, -0.1) is 0 Å².